The predicted molar refractivity (Wildman–Crippen MR) is 104 cm³/mol. The van der Waals surface area contributed by atoms with Crippen LogP contribution in [-0.4, -0.2) is 39.9 Å². The van der Waals surface area contributed by atoms with Crippen LogP contribution in [0, 0.1) is 12.8 Å². The summed E-state index contributed by atoms with van der Waals surface area (Å²) >= 11 is 6.34. The second-order valence-corrected chi connectivity index (χ2v) is 7.78. The number of carbonyl (C=O) groups excluding carboxylic acids is 1. The zero-order chi connectivity index (χ0) is 18.8. The summed E-state index contributed by atoms with van der Waals surface area (Å²) in [7, 11) is 0. The Hall–Kier alpha value is -2.02. The van der Waals surface area contributed by atoms with Crippen molar-refractivity contribution in [1.82, 2.24) is 25.7 Å². The number of hydrogen-bond donors (Lipinski definition) is 2. The van der Waals surface area contributed by atoms with E-state index in [1.807, 2.05) is 30.0 Å². The fourth-order valence-corrected chi connectivity index (χ4v) is 4.29. The van der Waals surface area contributed by atoms with E-state index in [2.05, 4.69) is 26.9 Å². The molecule has 27 heavy (non-hydrogen) atoms. The van der Waals surface area contributed by atoms with Gasteiger partial charge in [0.25, 0.3) is 5.91 Å². The van der Waals surface area contributed by atoms with Crippen molar-refractivity contribution in [3.63, 3.8) is 0 Å². The van der Waals surface area contributed by atoms with Crippen LogP contribution in [0.1, 0.15) is 47.1 Å². The normalized spacial score (nSPS) is 23.6. The number of hydrogen-bond acceptors (Lipinski definition) is 5. The Bertz CT molecular complexity index is 804. The first-order valence-corrected chi connectivity index (χ1v) is 9.83. The van der Waals surface area contributed by atoms with Gasteiger partial charge in [0.2, 0.25) is 0 Å². The third-order valence-corrected chi connectivity index (χ3v) is 5.95. The molecule has 2 atom stereocenters. The number of likely N-dealkylation sites (tertiary alicyclic amines) is 1. The van der Waals surface area contributed by atoms with Crippen molar-refractivity contribution in [2.75, 3.05) is 13.1 Å². The van der Waals surface area contributed by atoms with Gasteiger partial charge in [-0.3, -0.25) is 15.2 Å². The topological polar surface area (TPSA) is 70.2 Å². The molecule has 1 amide bonds. The zero-order valence-electron chi connectivity index (χ0n) is 15.4. The van der Waals surface area contributed by atoms with Gasteiger partial charge < -0.3 is 4.90 Å². The van der Waals surface area contributed by atoms with Crippen LogP contribution < -0.4 is 10.9 Å². The van der Waals surface area contributed by atoms with E-state index in [-0.39, 0.29) is 11.9 Å². The Balaban J connectivity index is 1.33. The van der Waals surface area contributed by atoms with Gasteiger partial charge in [0.05, 0.1) is 11.9 Å². The summed E-state index contributed by atoms with van der Waals surface area (Å²) in [5, 5.41) is 0.803. The molecule has 0 saturated carbocycles. The van der Waals surface area contributed by atoms with E-state index in [1.54, 1.807) is 12.4 Å². The van der Waals surface area contributed by atoms with Crippen LogP contribution in [0.15, 0.2) is 36.7 Å². The molecule has 1 aromatic carbocycles. The molecule has 0 aliphatic carbocycles. The van der Waals surface area contributed by atoms with Gasteiger partial charge >= 0.3 is 0 Å². The van der Waals surface area contributed by atoms with Gasteiger partial charge in [0.15, 0.2) is 0 Å². The SMILES string of the molecule is Cc1cnc(C(=O)N2CCC(C3CC(c4ccccc4Cl)NN3)CC2)cn1. The minimum absolute atomic E-state index is 0.0209. The molecule has 2 saturated heterocycles. The molecule has 0 radical (unpaired) electrons. The third-order valence-electron chi connectivity index (χ3n) is 5.61. The average molecular weight is 386 g/mol. The minimum atomic E-state index is -0.0209. The van der Waals surface area contributed by atoms with Gasteiger partial charge in [-0.15, -0.1) is 0 Å². The summed E-state index contributed by atoms with van der Waals surface area (Å²) in [5.74, 6) is 0.519. The standard InChI is InChI=1S/C20H24ClN5O/c1-13-11-23-19(12-22-13)20(27)26-8-6-14(7-9-26)17-10-18(25-24-17)15-4-2-3-5-16(15)21/h2-5,11-12,14,17-18,24-25H,6-10H2,1H3. The Morgan fingerprint density at radius 2 is 1.93 bits per heavy atom. The van der Waals surface area contributed by atoms with Gasteiger partial charge in [-0.1, -0.05) is 29.8 Å². The van der Waals surface area contributed by atoms with Crippen LogP contribution in [-0.2, 0) is 0 Å². The first-order valence-electron chi connectivity index (χ1n) is 9.45. The van der Waals surface area contributed by atoms with E-state index in [9.17, 15) is 4.79 Å². The fourth-order valence-electron chi connectivity index (χ4n) is 4.02. The molecule has 0 bridgehead atoms. The highest BCUT2D eigenvalue weighted by molar-refractivity contribution is 6.31. The van der Waals surface area contributed by atoms with E-state index in [0.29, 0.717) is 17.7 Å². The molecule has 2 aliphatic rings. The van der Waals surface area contributed by atoms with E-state index in [1.165, 1.54) is 0 Å². The lowest BCUT2D eigenvalue weighted by Gasteiger charge is -2.34. The molecule has 2 aromatic rings. The maximum Gasteiger partial charge on any atom is 0.274 e. The number of aryl methyl sites for hydroxylation is 1. The number of nitrogens with one attached hydrogen (secondary N) is 2. The van der Waals surface area contributed by atoms with Crippen molar-refractivity contribution in [2.24, 2.45) is 5.92 Å². The molecular weight excluding hydrogens is 362 g/mol. The Morgan fingerprint density at radius 3 is 2.63 bits per heavy atom. The zero-order valence-corrected chi connectivity index (χ0v) is 16.1. The van der Waals surface area contributed by atoms with Crippen LogP contribution in [0.2, 0.25) is 5.02 Å². The van der Waals surface area contributed by atoms with Crippen molar-refractivity contribution >= 4 is 17.5 Å². The lowest BCUT2D eigenvalue weighted by molar-refractivity contribution is 0.0666. The van der Waals surface area contributed by atoms with Crippen LogP contribution in [0.5, 0.6) is 0 Å². The fraction of sp³-hybridized carbons (Fsp3) is 0.450. The van der Waals surface area contributed by atoms with E-state index in [0.717, 1.165) is 48.6 Å². The third kappa shape index (κ3) is 3.98. The van der Waals surface area contributed by atoms with Crippen LogP contribution in [0.3, 0.4) is 0 Å². The van der Waals surface area contributed by atoms with Crippen LogP contribution >= 0.6 is 11.6 Å². The number of piperidine rings is 1. The van der Waals surface area contributed by atoms with Crippen molar-refractivity contribution in [1.29, 1.82) is 0 Å². The molecule has 142 valence electrons. The summed E-state index contributed by atoms with van der Waals surface area (Å²) in [6, 6.07) is 8.61. The van der Waals surface area contributed by atoms with Crippen molar-refractivity contribution in [3.8, 4) is 0 Å². The average Bonchev–Trinajstić information content (AvgIpc) is 3.18. The maximum absolute atomic E-state index is 12.6. The number of benzene rings is 1. The summed E-state index contributed by atoms with van der Waals surface area (Å²) in [5.41, 5.74) is 9.23. The highest BCUT2D eigenvalue weighted by Crippen LogP contribution is 2.33. The smallest absolute Gasteiger partial charge is 0.274 e. The molecule has 2 N–H and O–H groups in total. The Labute approximate surface area is 164 Å². The summed E-state index contributed by atoms with van der Waals surface area (Å²) in [4.78, 5) is 22.9. The Morgan fingerprint density at radius 1 is 1.15 bits per heavy atom. The summed E-state index contributed by atoms with van der Waals surface area (Å²) in [6.45, 7) is 3.38. The highest BCUT2D eigenvalue weighted by atomic mass is 35.5. The van der Waals surface area contributed by atoms with Gasteiger partial charge in [0, 0.05) is 36.4 Å². The van der Waals surface area contributed by atoms with Crippen molar-refractivity contribution in [2.45, 2.75) is 38.3 Å². The number of hydrazine groups is 1. The number of carbonyl (C=O) groups is 1. The monoisotopic (exact) mass is 385 g/mol. The van der Waals surface area contributed by atoms with E-state index >= 15 is 0 Å². The molecule has 0 spiro atoms. The minimum Gasteiger partial charge on any atom is -0.337 e. The predicted octanol–water partition coefficient (Wildman–Crippen LogP) is 2.90. The summed E-state index contributed by atoms with van der Waals surface area (Å²) < 4.78 is 0. The lowest BCUT2D eigenvalue weighted by atomic mass is 9.86. The van der Waals surface area contributed by atoms with E-state index < -0.39 is 0 Å². The number of amides is 1. The number of halogens is 1. The molecule has 2 fully saturated rings. The molecule has 1 aromatic heterocycles. The van der Waals surface area contributed by atoms with Gasteiger partial charge in [-0.25, -0.2) is 10.4 Å². The molecule has 7 heteroatoms. The van der Waals surface area contributed by atoms with Crippen LogP contribution in [0.25, 0.3) is 0 Å². The highest BCUT2D eigenvalue weighted by Gasteiger charge is 2.34. The van der Waals surface area contributed by atoms with Crippen molar-refractivity contribution in [3.05, 3.63) is 58.6 Å². The second-order valence-electron chi connectivity index (χ2n) is 7.38. The number of rotatable bonds is 3. The first kappa shape index (κ1) is 18.3. The van der Waals surface area contributed by atoms with Gasteiger partial charge in [-0.2, -0.15) is 0 Å². The quantitative estimate of drug-likeness (QED) is 0.850. The molecule has 4 rings (SSSR count). The van der Waals surface area contributed by atoms with E-state index in [4.69, 9.17) is 11.6 Å². The first-order chi connectivity index (χ1) is 13.1. The Kier molecular flexibility index (Phi) is 5.38. The number of nitrogens with zero attached hydrogens (tertiary/aromatic N) is 3. The molecule has 2 aliphatic heterocycles. The van der Waals surface area contributed by atoms with Crippen molar-refractivity contribution < 1.29 is 4.79 Å². The molecule has 3 heterocycles. The largest absolute Gasteiger partial charge is 0.337 e. The number of aromatic nitrogens is 2. The van der Waals surface area contributed by atoms with Gasteiger partial charge in [-0.05, 0) is 43.7 Å². The van der Waals surface area contributed by atoms with Crippen LogP contribution in [0.4, 0.5) is 0 Å². The lowest BCUT2D eigenvalue weighted by Crippen LogP contribution is -2.44. The molecular formula is C20H24ClN5O. The molecule has 2 unspecified atom stereocenters. The van der Waals surface area contributed by atoms with Gasteiger partial charge in [0.1, 0.15) is 5.69 Å². The molecule has 6 nitrogen and oxygen atoms in total. The summed E-state index contributed by atoms with van der Waals surface area (Å²) in [6.07, 6.45) is 6.19. The maximum atomic E-state index is 12.6. The second kappa shape index (κ2) is 7.92.